The van der Waals surface area contributed by atoms with Crippen LogP contribution in [0.15, 0.2) is 0 Å². The van der Waals surface area contributed by atoms with Gasteiger partial charge in [-0.2, -0.15) is 0 Å². The predicted octanol–water partition coefficient (Wildman–Crippen LogP) is 4.86. The molecule has 0 radical (unpaired) electrons. The molecule has 1 heteroatoms. The summed E-state index contributed by atoms with van der Waals surface area (Å²) in [6.07, 6.45) is 10.2. The van der Waals surface area contributed by atoms with Gasteiger partial charge in [0.15, 0.2) is 0 Å². The van der Waals surface area contributed by atoms with Gasteiger partial charge in [0.25, 0.3) is 0 Å². The lowest BCUT2D eigenvalue weighted by molar-refractivity contribution is 0.136. The Morgan fingerprint density at radius 3 is 2.44 bits per heavy atom. The molecule has 0 bridgehead atoms. The highest BCUT2D eigenvalue weighted by atomic mass is 14.8. The molecule has 1 nitrogen and oxygen atoms in total. The summed E-state index contributed by atoms with van der Waals surface area (Å²) in [5.41, 5.74) is 0. The Balaban J connectivity index is 2.44. The third-order valence-electron chi connectivity index (χ3n) is 4.96. The number of nitrogens with one attached hydrogen (secondary N) is 1. The molecule has 108 valence electrons. The minimum atomic E-state index is 0.888. The zero-order valence-corrected chi connectivity index (χ0v) is 13.2. The summed E-state index contributed by atoms with van der Waals surface area (Å²) in [4.78, 5) is 0. The summed E-state index contributed by atoms with van der Waals surface area (Å²) in [6, 6.07) is 0. The Morgan fingerprint density at radius 2 is 1.83 bits per heavy atom. The summed E-state index contributed by atoms with van der Waals surface area (Å²) in [5, 5.41) is 3.58. The van der Waals surface area contributed by atoms with Crippen molar-refractivity contribution in [2.75, 3.05) is 13.1 Å². The van der Waals surface area contributed by atoms with E-state index in [2.05, 4.69) is 33.0 Å². The van der Waals surface area contributed by atoms with Gasteiger partial charge in [0.05, 0.1) is 0 Å². The molecule has 3 unspecified atom stereocenters. The molecule has 0 heterocycles. The van der Waals surface area contributed by atoms with Gasteiger partial charge in [-0.25, -0.2) is 0 Å². The van der Waals surface area contributed by atoms with Crippen LogP contribution in [0.5, 0.6) is 0 Å². The van der Waals surface area contributed by atoms with Crippen LogP contribution in [-0.2, 0) is 0 Å². The van der Waals surface area contributed by atoms with Crippen LogP contribution in [0.1, 0.15) is 72.6 Å². The van der Waals surface area contributed by atoms with Gasteiger partial charge >= 0.3 is 0 Å². The molecule has 1 N–H and O–H groups in total. The maximum absolute atomic E-state index is 3.58. The second-order valence-corrected chi connectivity index (χ2v) is 6.64. The fraction of sp³-hybridized carbons (Fsp3) is 1.00. The lowest BCUT2D eigenvalue weighted by Crippen LogP contribution is -2.34. The van der Waals surface area contributed by atoms with Crippen LogP contribution in [0, 0.1) is 23.7 Å². The Morgan fingerprint density at radius 1 is 1.06 bits per heavy atom. The Hall–Kier alpha value is -0.0400. The minimum absolute atomic E-state index is 0.888. The van der Waals surface area contributed by atoms with Gasteiger partial charge in [0, 0.05) is 0 Å². The second-order valence-electron chi connectivity index (χ2n) is 6.64. The van der Waals surface area contributed by atoms with Crippen molar-refractivity contribution >= 4 is 0 Å². The number of hydrogen-bond acceptors (Lipinski definition) is 1. The summed E-state index contributed by atoms with van der Waals surface area (Å²) in [7, 11) is 0. The molecule has 1 aliphatic rings. The van der Waals surface area contributed by atoms with Crippen LogP contribution in [-0.4, -0.2) is 13.1 Å². The van der Waals surface area contributed by atoms with Crippen LogP contribution in [0.25, 0.3) is 0 Å². The first-order valence-corrected chi connectivity index (χ1v) is 8.39. The van der Waals surface area contributed by atoms with Crippen LogP contribution in [0.4, 0.5) is 0 Å². The smallest absolute Gasteiger partial charge is 0.00180 e. The highest BCUT2D eigenvalue weighted by Crippen LogP contribution is 2.39. The quantitative estimate of drug-likeness (QED) is 0.609. The van der Waals surface area contributed by atoms with Gasteiger partial charge in [-0.05, 0) is 56.0 Å². The zero-order valence-electron chi connectivity index (χ0n) is 13.2. The lowest BCUT2D eigenvalue weighted by Gasteiger charge is -2.38. The van der Waals surface area contributed by atoms with E-state index in [-0.39, 0.29) is 0 Å². The predicted molar refractivity (Wildman–Crippen MR) is 81.8 cm³/mol. The van der Waals surface area contributed by atoms with E-state index in [1.807, 2.05) is 0 Å². The Kier molecular flexibility index (Phi) is 7.97. The second kappa shape index (κ2) is 8.96. The Labute approximate surface area is 115 Å². The third-order valence-corrected chi connectivity index (χ3v) is 4.96. The molecule has 1 aliphatic carbocycles. The molecule has 0 aromatic rings. The van der Waals surface area contributed by atoms with Gasteiger partial charge in [-0.15, -0.1) is 0 Å². The molecule has 0 aliphatic heterocycles. The standard InChI is InChI=1S/C17H35N/c1-5-7-8-9-16-12-15(14(3)4)10-11-17(16)13-18-6-2/h14-18H,5-13H2,1-4H3. The van der Waals surface area contributed by atoms with Gasteiger partial charge in [-0.1, -0.05) is 53.4 Å². The van der Waals surface area contributed by atoms with Crippen molar-refractivity contribution < 1.29 is 0 Å². The van der Waals surface area contributed by atoms with E-state index < -0.39 is 0 Å². The van der Waals surface area contributed by atoms with Crippen molar-refractivity contribution in [1.82, 2.24) is 5.32 Å². The normalized spacial score (nSPS) is 28.8. The first-order valence-electron chi connectivity index (χ1n) is 8.39. The SMILES string of the molecule is CCCCCC1CC(C(C)C)CCC1CNCC. The van der Waals surface area contributed by atoms with Gasteiger partial charge in [-0.3, -0.25) is 0 Å². The highest BCUT2D eigenvalue weighted by molar-refractivity contribution is 4.82. The average molecular weight is 253 g/mol. The first kappa shape index (κ1) is 16.0. The average Bonchev–Trinajstić information content (AvgIpc) is 2.37. The highest BCUT2D eigenvalue weighted by Gasteiger charge is 2.30. The molecular weight excluding hydrogens is 218 g/mol. The van der Waals surface area contributed by atoms with Gasteiger partial charge in [0.2, 0.25) is 0 Å². The number of unbranched alkanes of at least 4 members (excludes halogenated alkanes) is 2. The molecule has 0 amide bonds. The molecule has 0 saturated heterocycles. The van der Waals surface area contributed by atoms with Crippen LogP contribution in [0.3, 0.4) is 0 Å². The van der Waals surface area contributed by atoms with Crippen molar-refractivity contribution in [3.63, 3.8) is 0 Å². The molecular formula is C17H35N. The minimum Gasteiger partial charge on any atom is -0.317 e. The van der Waals surface area contributed by atoms with E-state index in [1.54, 1.807) is 0 Å². The lowest BCUT2D eigenvalue weighted by atomic mass is 9.69. The summed E-state index contributed by atoms with van der Waals surface area (Å²) in [6.45, 7) is 11.8. The molecule has 0 spiro atoms. The molecule has 1 fully saturated rings. The van der Waals surface area contributed by atoms with Crippen molar-refractivity contribution in [1.29, 1.82) is 0 Å². The summed E-state index contributed by atoms with van der Waals surface area (Å²) >= 11 is 0. The van der Waals surface area contributed by atoms with E-state index in [0.29, 0.717) is 0 Å². The molecule has 18 heavy (non-hydrogen) atoms. The first-order chi connectivity index (χ1) is 8.69. The number of rotatable bonds is 8. The molecule has 0 aromatic heterocycles. The van der Waals surface area contributed by atoms with E-state index in [9.17, 15) is 0 Å². The largest absolute Gasteiger partial charge is 0.317 e. The van der Waals surface area contributed by atoms with Crippen molar-refractivity contribution in [2.24, 2.45) is 23.7 Å². The van der Waals surface area contributed by atoms with Gasteiger partial charge in [0.1, 0.15) is 0 Å². The van der Waals surface area contributed by atoms with Gasteiger partial charge < -0.3 is 5.32 Å². The summed E-state index contributed by atoms with van der Waals surface area (Å²) in [5.74, 6) is 3.84. The third kappa shape index (κ3) is 5.30. The molecule has 0 aromatic carbocycles. The van der Waals surface area contributed by atoms with E-state index in [4.69, 9.17) is 0 Å². The molecule has 3 atom stereocenters. The van der Waals surface area contributed by atoms with Crippen molar-refractivity contribution in [3.8, 4) is 0 Å². The van der Waals surface area contributed by atoms with Crippen LogP contribution in [0.2, 0.25) is 0 Å². The maximum Gasteiger partial charge on any atom is -0.00180 e. The fourth-order valence-corrected chi connectivity index (χ4v) is 3.58. The molecule has 1 saturated carbocycles. The van der Waals surface area contributed by atoms with E-state index in [0.717, 1.165) is 30.2 Å². The zero-order chi connectivity index (χ0) is 13.4. The number of hydrogen-bond donors (Lipinski definition) is 1. The maximum atomic E-state index is 3.58. The monoisotopic (exact) mass is 253 g/mol. The fourth-order valence-electron chi connectivity index (χ4n) is 3.58. The topological polar surface area (TPSA) is 12.0 Å². The van der Waals surface area contributed by atoms with Crippen LogP contribution >= 0.6 is 0 Å². The van der Waals surface area contributed by atoms with Crippen molar-refractivity contribution in [3.05, 3.63) is 0 Å². The van der Waals surface area contributed by atoms with E-state index in [1.165, 1.54) is 51.5 Å². The van der Waals surface area contributed by atoms with Crippen LogP contribution < -0.4 is 5.32 Å². The summed E-state index contributed by atoms with van der Waals surface area (Å²) < 4.78 is 0. The Bertz CT molecular complexity index is 200. The van der Waals surface area contributed by atoms with E-state index >= 15 is 0 Å². The molecule has 1 rings (SSSR count). The van der Waals surface area contributed by atoms with Crippen molar-refractivity contribution in [2.45, 2.75) is 72.6 Å².